The molecule has 0 spiro atoms. The van der Waals surface area contributed by atoms with Crippen LogP contribution in [0.2, 0.25) is 0 Å². The van der Waals surface area contributed by atoms with E-state index in [9.17, 15) is 22.8 Å². The average Bonchev–Trinajstić information content (AvgIpc) is 2.54. The zero-order valence-corrected chi connectivity index (χ0v) is 13.6. The fourth-order valence-corrected chi connectivity index (χ4v) is 2.17. The minimum Gasteiger partial charge on any atom is -0.374 e. The number of alkyl halides is 3. The lowest BCUT2D eigenvalue weighted by molar-refractivity contribution is -0.137. The van der Waals surface area contributed by atoms with Crippen molar-refractivity contribution in [2.75, 3.05) is 10.6 Å². The number of ketones is 1. The van der Waals surface area contributed by atoms with Gasteiger partial charge in [-0.1, -0.05) is 18.2 Å². The Morgan fingerprint density at radius 1 is 1.00 bits per heavy atom. The number of carbonyl (C=O) groups is 2. The highest BCUT2D eigenvalue weighted by atomic mass is 19.4. The van der Waals surface area contributed by atoms with Gasteiger partial charge in [0.2, 0.25) is 5.91 Å². The lowest BCUT2D eigenvalue weighted by atomic mass is 10.1. The molecule has 7 heteroatoms. The molecule has 0 fully saturated rings. The molecule has 0 aliphatic carbocycles. The van der Waals surface area contributed by atoms with Gasteiger partial charge < -0.3 is 10.6 Å². The van der Waals surface area contributed by atoms with Crippen LogP contribution in [0.5, 0.6) is 0 Å². The lowest BCUT2D eigenvalue weighted by Gasteiger charge is -2.16. The van der Waals surface area contributed by atoms with Gasteiger partial charge in [-0.15, -0.1) is 0 Å². The Kier molecular flexibility index (Phi) is 5.46. The average molecular weight is 350 g/mol. The van der Waals surface area contributed by atoms with Crippen LogP contribution in [0.3, 0.4) is 0 Å². The summed E-state index contributed by atoms with van der Waals surface area (Å²) in [5, 5.41) is 5.36. The smallest absolute Gasteiger partial charge is 0.374 e. The quantitative estimate of drug-likeness (QED) is 0.789. The van der Waals surface area contributed by atoms with Crippen LogP contribution in [0.15, 0.2) is 48.5 Å². The summed E-state index contributed by atoms with van der Waals surface area (Å²) in [4.78, 5) is 23.5. The van der Waals surface area contributed by atoms with E-state index >= 15 is 0 Å². The molecular formula is C18H17F3N2O2. The Labute approximate surface area is 143 Å². The molecule has 0 aliphatic rings. The largest absolute Gasteiger partial charge is 0.416 e. The number of amides is 1. The van der Waals surface area contributed by atoms with Gasteiger partial charge in [0, 0.05) is 16.9 Å². The van der Waals surface area contributed by atoms with Crippen molar-refractivity contribution in [3.05, 3.63) is 59.7 Å². The van der Waals surface area contributed by atoms with Crippen LogP contribution in [0.1, 0.15) is 29.8 Å². The zero-order valence-electron chi connectivity index (χ0n) is 13.6. The SMILES string of the molecule is CC(=O)c1cccc(N[C@@H](C)C(=O)Nc2cccc(C(F)(F)F)c2)c1. The van der Waals surface area contributed by atoms with E-state index in [0.29, 0.717) is 11.3 Å². The Hall–Kier alpha value is -2.83. The standard InChI is InChI=1S/C18H17F3N2O2/c1-11(22-15-7-3-5-13(9-15)12(2)24)17(25)23-16-8-4-6-14(10-16)18(19,20)21/h3-11,22H,1-2H3,(H,23,25)/t11-/m0/s1. The Balaban J connectivity index is 2.06. The number of hydrogen-bond acceptors (Lipinski definition) is 3. The molecule has 0 unspecified atom stereocenters. The molecule has 2 rings (SSSR count). The number of halogens is 3. The highest BCUT2D eigenvalue weighted by Gasteiger charge is 2.30. The molecule has 0 aromatic heterocycles. The summed E-state index contributed by atoms with van der Waals surface area (Å²) in [6, 6.07) is 10.3. The molecule has 25 heavy (non-hydrogen) atoms. The molecule has 1 atom stereocenters. The van der Waals surface area contributed by atoms with Gasteiger partial charge in [0.05, 0.1) is 5.56 Å². The minimum atomic E-state index is -4.47. The summed E-state index contributed by atoms with van der Waals surface area (Å²) in [6.07, 6.45) is -4.47. The second-order valence-corrected chi connectivity index (χ2v) is 5.57. The topological polar surface area (TPSA) is 58.2 Å². The molecule has 1 amide bonds. The van der Waals surface area contributed by atoms with Crippen LogP contribution in [0.25, 0.3) is 0 Å². The van der Waals surface area contributed by atoms with Crippen LogP contribution in [0.4, 0.5) is 24.5 Å². The third-order valence-electron chi connectivity index (χ3n) is 3.50. The Bertz CT molecular complexity index is 788. The van der Waals surface area contributed by atoms with Crippen LogP contribution in [0, 0.1) is 0 Å². The third kappa shape index (κ3) is 5.07. The fraction of sp³-hybridized carbons (Fsp3) is 0.222. The molecule has 0 radical (unpaired) electrons. The molecule has 0 saturated carbocycles. The summed E-state index contributed by atoms with van der Waals surface area (Å²) >= 11 is 0. The van der Waals surface area contributed by atoms with Crippen LogP contribution >= 0.6 is 0 Å². The van der Waals surface area contributed by atoms with Crippen molar-refractivity contribution in [3.8, 4) is 0 Å². The highest BCUT2D eigenvalue weighted by molar-refractivity contribution is 5.97. The van der Waals surface area contributed by atoms with Gasteiger partial charge in [-0.2, -0.15) is 13.2 Å². The monoisotopic (exact) mass is 350 g/mol. The molecule has 4 nitrogen and oxygen atoms in total. The van der Waals surface area contributed by atoms with Crippen molar-refractivity contribution in [2.45, 2.75) is 26.1 Å². The van der Waals surface area contributed by atoms with E-state index in [1.54, 1.807) is 31.2 Å². The van der Waals surface area contributed by atoms with Crippen molar-refractivity contribution in [1.29, 1.82) is 0 Å². The number of carbonyl (C=O) groups excluding carboxylic acids is 2. The van der Waals surface area contributed by atoms with Crippen LogP contribution < -0.4 is 10.6 Å². The van der Waals surface area contributed by atoms with Gasteiger partial charge >= 0.3 is 6.18 Å². The Morgan fingerprint density at radius 3 is 2.28 bits per heavy atom. The summed E-state index contributed by atoms with van der Waals surface area (Å²) < 4.78 is 38.1. The van der Waals surface area contributed by atoms with Gasteiger partial charge in [0.15, 0.2) is 5.78 Å². The van der Waals surface area contributed by atoms with E-state index in [2.05, 4.69) is 10.6 Å². The number of hydrogen-bond donors (Lipinski definition) is 2. The fourth-order valence-electron chi connectivity index (χ4n) is 2.17. The first-order valence-electron chi connectivity index (χ1n) is 7.52. The number of benzene rings is 2. The number of rotatable bonds is 5. The second-order valence-electron chi connectivity index (χ2n) is 5.57. The van der Waals surface area contributed by atoms with E-state index < -0.39 is 23.7 Å². The summed E-state index contributed by atoms with van der Waals surface area (Å²) in [5.41, 5.74) is 0.293. The van der Waals surface area contributed by atoms with Crippen molar-refractivity contribution >= 4 is 23.1 Å². The van der Waals surface area contributed by atoms with Crippen LogP contribution in [-0.4, -0.2) is 17.7 Å². The van der Waals surface area contributed by atoms with Crippen molar-refractivity contribution in [2.24, 2.45) is 0 Å². The molecule has 2 aromatic rings. The zero-order chi connectivity index (χ0) is 18.6. The number of Topliss-reactive ketones (excluding diaryl/α,β-unsaturated/α-hetero) is 1. The molecule has 132 valence electrons. The summed E-state index contributed by atoms with van der Waals surface area (Å²) in [7, 11) is 0. The predicted molar refractivity (Wildman–Crippen MR) is 89.6 cm³/mol. The maximum absolute atomic E-state index is 12.7. The molecule has 0 bridgehead atoms. The number of nitrogens with one attached hydrogen (secondary N) is 2. The molecule has 2 aromatic carbocycles. The maximum Gasteiger partial charge on any atom is 0.416 e. The molecule has 0 heterocycles. The molecule has 2 N–H and O–H groups in total. The molecular weight excluding hydrogens is 333 g/mol. The first-order chi connectivity index (χ1) is 11.7. The van der Waals surface area contributed by atoms with Gasteiger partial charge in [-0.25, -0.2) is 0 Å². The van der Waals surface area contributed by atoms with Crippen molar-refractivity contribution in [1.82, 2.24) is 0 Å². The van der Waals surface area contributed by atoms with Gasteiger partial charge in [0.1, 0.15) is 6.04 Å². The third-order valence-corrected chi connectivity index (χ3v) is 3.50. The van der Waals surface area contributed by atoms with Crippen molar-refractivity contribution < 1.29 is 22.8 Å². The maximum atomic E-state index is 12.7. The van der Waals surface area contributed by atoms with E-state index in [1.807, 2.05) is 0 Å². The Morgan fingerprint density at radius 2 is 1.64 bits per heavy atom. The van der Waals surface area contributed by atoms with E-state index in [0.717, 1.165) is 12.1 Å². The summed E-state index contributed by atoms with van der Waals surface area (Å²) in [5.74, 6) is -0.600. The first-order valence-corrected chi connectivity index (χ1v) is 7.52. The van der Waals surface area contributed by atoms with E-state index in [-0.39, 0.29) is 11.5 Å². The number of anilines is 2. The van der Waals surface area contributed by atoms with Gasteiger partial charge in [-0.3, -0.25) is 9.59 Å². The normalized spacial score (nSPS) is 12.4. The summed E-state index contributed by atoms with van der Waals surface area (Å²) in [6.45, 7) is 3.01. The molecule has 0 aliphatic heterocycles. The van der Waals surface area contributed by atoms with Crippen LogP contribution in [-0.2, 0) is 11.0 Å². The van der Waals surface area contributed by atoms with Gasteiger partial charge in [-0.05, 0) is 44.2 Å². The highest BCUT2D eigenvalue weighted by Crippen LogP contribution is 2.30. The van der Waals surface area contributed by atoms with Crippen molar-refractivity contribution in [3.63, 3.8) is 0 Å². The second kappa shape index (κ2) is 7.38. The van der Waals surface area contributed by atoms with E-state index in [1.165, 1.54) is 19.1 Å². The minimum absolute atomic E-state index is 0.0611. The van der Waals surface area contributed by atoms with E-state index in [4.69, 9.17) is 0 Å². The molecule has 0 saturated heterocycles. The van der Waals surface area contributed by atoms with Gasteiger partial charge in [0.25, 0.3) is 0 Å². The predicted octanol–water partition coefficient (Wildman–Crippen LogP) is 4.35. The first kappa shape index (κ1) is 18.5. The lowest BCUT2D eigenvalue weighted by Crippen LogP contribution is -2.32.